The Balaban J connectivity index is 1.63. The van der Waals surface area contributed by atoms with Gasteiger partial charge in [-0.25, -0.2) is 9.97 Å². The Hall–Kier alpha value is -1.49. The summed E-state index contributed by atoms with van der Waals surface area (Å²) in [7, 11) is 0. The van der Waals surface area contributed by atoms with Gasteiger partial charge in [-0.15, -0.1) is 0 Å². The van der Waals surface area contributed by atoms with Crippen LogP contribution in [0.1, 0.15) is 67.9 Å². The SMILES string of the molecule is CCCc1ncncc1C(=O)N[C@@H]1COC2(CCCCC2)C1. The molecule has 1 saturated heterocycles. The first-order valence-electron chi connectivity index (χ1n) is 8.46. The lowest BCUT2D eigenvalue weighted by molar-refractivity contribution is -0.0246. The van der Waals surface area contributed by atoms with Crippen LogP contribution in [-0.4, -0.2) is 34.1 Å². The average Bonchev–Trinajstić information content (AvgIpc) is 2.91. The zero-order valence-corrected chi connectivity index (χ0v) is 13.3. The van der Waals surface area contributed by atoms with Gasteiger partial charge in [-0.05, 0) is 25.7 Å². The fourth-order valence-electron chi connectivity index (χ4n) is 3.73. The smallest absolute Gasteiger partial charge is 0.255 e. The predicted octanol–water partition coefficient (Wildman–Crippen LogP) is 2.65. The topological polar surface area (TPSA) is 64.1 Å². The first kappa shape index (κ1) is 15.4. The highest BCUT2D eigenvalue weighted by Gasteiger charge is 2.41. The molecule has 1 aliphatic carbocycles. The number of carbonyl (C=O) groups is 1. The van der Waals surface area contributed by atoms with E-state index in [-0.39, 0.29) is 17.6 Å². The van der Waals surface area contributed by atoms with Crippen molar-refractivity contribution in [2.24, 2.45) is 0 Å². The van der Waals surface area contributed by atoms with Gasteiger partial charge in [0, 0.05) is 6.20 Å². The molecule has 2 heterocycles. The van der Waals surface area contributed by atoms with Crippen molar-refractivity contribution in [1.29, 1.82) is 0 Å². The van der Waals surface area contributed by atoms with Gasteiger partial charge in [0.2, 0.25) is 0 Å². The Bertz CT molecular complexity index is 526. The number of hydrogen-bond donors (Lipinski definition) is 1. The van der Waals surface area contributed by atoms with Crippen molar-refractivity contribution in [3.8, 4) is 0 Å². The lowest BCUT2D eigenvalue weighted by Crippen LogP contribution is -2.38. The van der Waals surface area contributed by atoms with Crippen LogP contribution in [0.5, 0.6) is 0 Å². The Morgan fingerprint density at radius 2 is 2.23 bits per heavy atom. The molecule has 0 radical (unpaired) electrons. The second-order valence-corrected chi connectivity index (χ2v) is 6.56. The third kappa shape index (κ3) is 3.29. The van der Waals surface area contributed by atoms with Gasteiger partial charge < -0.3 is 10.1 Å². The quantitative estimate of drug-likeness (QED) is 0.928. The van der Waals surface area contributed by atoms with Crippen LogP contribution in [0.3, 0.4) is 0 Å². The third-order valence-electron chi connectivity index (χ3n) is 4.84. The summed E-state index contributed by atoms with van der Waals surface area (Å²) >= 11 is 0. The van der Waals surface area contributed by atoms with Crippen LogP contribution >= 0.6 is 0 Å². The van der Waals surface area contributed by atoms with E-state index in [4.69, 9.17) is 4.74 Å². The van der Waals surface area contributed by atoms with Crippen molar-refractivity contribution in [1.82, 2.24) is 15.3 Å². The molecular weight excluding hydrogens is 278 g/mol. The second kappa shape index (κ2) is 6.73. The molecule has 5 heteroatoms. The summed E-state index contributed by atoms with van der Waals surface area (Å²) < 4.78 is 6.06. The Morgan fingerprint density at radius 3 is 3.00 bits per heavy atom. The summed E-state index contributed by atoms with van der Waals surface area (Å²) in [6, 6.07) is 0.111. The number of hydrogen-bond acceptors (Lipinski definition) is 4. The summed E-state index contributed by atoms with van der Waals surface area (Å²) in [5, 5.41) is 3.12. The molecule has 0 unspecified atom stereocenters. The van der Waals surface area contributed by atoms with Crippen molar-refractivity contribution < 1.29 is 9.53 Å². The number of ether oxygens (including phenoxy) is 1. The molecule has 0 bridgehead atoms. The highest BCUT2D eigenvalue weighted by atomic mass is 16.5. The van der Waals surface area contributed by atoms with Crippen molar-refractivity contribution in [3.63, 3.8) is 0 Å². The highest BCUT2D eigenvalue weighted by Crippen LogP contribution is 2.39. The van der Waals surface area contributed by atoms with E-state index in [1.165, 1.54) is 25.6 Å². The standard InChI is InChI=1S/C17H25N3O2/c1-2-6-15-14(10-18-12-19-15)16(21)20-13-9-17(22-11-13)7-4-3-5-8-17/h10,12-13H,2-9,11H2,1H3,(H,20,21)/t13-/m0/s1. The zero-order valence-electron chi connectivity index (χ0n) is 13.3. The van der Waals surface area contributed by atoms with Gasteiger partial charge in [-0.3, -0.25) is 4.79 Å². The van der Waals surface area contributed by atoms with Crippen molar-refractivity contribution in [2.45, 2.75) is 69.9 Å². The average molecular weight is 303 g/mol. The van der Waals surface area contributed by atoms with Gasteiger partial charge >= 0.3 is 0 Å². The van der Waals surface area contributed by atoms with E-state index in [0.717, 1.165) is 37.8 Å². The number of rotatable bonds is 4. The fourth-order valence-corrected chi connectivity index (χ4v) is 3.73. The van der Waals surface area contributed by atoms with Gasteiger partial charge in [0.15, 0.2) is 0 Å². The van der Waals surface area contributed by atoms with Gasteiger partial charge in [0.1, 0.15) is 6.33 Å². The molecule has 1 saturated carbocycles. The normalized spacial score (nSPS) is 23.6. The van der Waals surface area contributed by atoms with Crippen LogP contribution in [0.25, 0.3) is 0 Å². The number of carbonyl (C=O) groups excluding carboxylic acids is 1. The summed E-state index contributed by atoms with van der Waals surface area (Å²) in [6.07, 6.45) is 11.9. The maximum atomic E-state index is 12.5. The number of nitrogens with one attached hydrogen (secondary N) is 1. The largest absolute Gasteiger partial charge is 0.373 e. The molecule has 22 heavy (non-hydrogen) atoms. The van der Waals surface area contributed by atoms with Gasteiger partial charge in [-0.1, -0.05) is 32.6 Å². The van der Waals surface area contributed by atoms with Gasteiger partial charge in [0.25, 0.3) is 5.91 Å². The molecular formula is C17H25N3O2. The summed E-state index contributed by atoms with van der Waals surface area (Å²) in [6.45, 7) is 2.71. The fraction of sp³-hybridized carbons (Fsp3) is 0.706. The predicted molar refractivity (Wildman–Crippen MR) is 83.7 cm³/mol. The van der Waals surface area contributed by atoms with E-state index in [0.29, 0.717) is 12.2 Å². The minimum absolute atomic E-state index is 0.0234. The second-order valence-electron chi connectivity index (χ2n) is 6.56. The number of aryl methyl sites for hydroxylation is 1. The van der Waals surface area contributed by atoms with Crippen LogP contribution in [0.4, 0.5) is 0 Å². The molecule has 1 aromatic heterocycles. The molecule has 1 amide bonds. The highest BCUT2D eigenvalue weighted by molar-refractivity contribution is 5.95. The van der Waals surface area contributed by atoms with Crippen LogP contribution in [0, 0.1) is 0 Å². The third-order valence-corrected chi connectivity index (χ3v) is 4.84. The minimum atomic E-state index is -0.0643. The van der Waals surface area contributed by atoms with Crippen LogP contribution in [0.2, 0.25) is 0 Å². The molecule has 2 aliphatic rings. The molecule has 120 valence electrons. The summed E-state index contributed by atoms with van der Waals surface area (Å²) in [5.41, 5.74) is 1.46. The lowest BCUT2D eigenvalue weighted by atomic mass is 9.82. The maximum absolute atomic E-state index is 12.5. The van der Waals surface area contributed by atoms with Gasteiger partial charge in [-0.2, -0.15) is 0 Å². The first-order chi connectivity index (χ1) is 10.7. The Kier molecular flexibility index (Phi) is 4.71. The molecule has 1 aromatic rings. The lowest BCUT2D eigenvalue weighted by Gasteiger charge is -2.32. The van der Waals surface area contributed by atoms with E-state index >= 15 is 0 Å². The molecule has 2 fully saturated rings. The Labute approximate surface area is 131 Å². The van der Waals surface area contributed by atoms with Crippen molar-refractivity contribution >= 4 is 5.91 Å². The van der Waals surface area contributed by atoms with E-state index in [9.17, 15) is 4.79 Å². The maximum Gasteiger partial charge on any atom is 0.255 e. The molecule has 1 N–H and O–H groups in total. The van der Waals surface area contributed by atoms with Crippen LogP contribution < -0.4 is 5.32 Å². The van der Waals surface area contributed by atoms with Crippen molar-refractivity contribution in [2.75, 3.05) is 6.61 Å². The van der Waals surface area contributed by atoms with E-state index in [2.05, 4.69) is 22.2 Å². The number of amides is 1. The van der Waals surface area contributed by atoms with E-state index in [1.807, 2.05) is 0 Å². The molecule has 1 atom stereocenters. The van der Waals surface area contributed by atoms with Crippen molar-refractivity contribution in [3.05, 3.63) is 23.8 Å². The van der Waals surface area contributed by atoms with Crippen LogP contribution in [-0.2, 0) is 11.2 Å². The molecule has 5 nitrogen and oxygen atoms in total. The zero-order chi connectivity index (χ0) is 15.4. The number of aromatic nitrogens is 2. The van der Waals surface area contributed by atoms with E-state index < -0.39 is 0 Å². The summed E-state index contributed by atoms with van der Waals surface area (Å²) in [4.78, 5) is 20.8. The van der Waals surface area contributed by atoms with E-state index in [1.54, 1.807) is 6.20 Å². The Morgan fingerprint density at radius 1 is 1.41 bits per heavy atom. The molecule has 1 spiro atoms. The summed E-state index contributed by atoms with van der Waals surface area (Å²) in [5.74, 6) is -0.0643. The monoisotopic (exact) mass is 303 g/mol. The first-order valence-corrected chi connectivity index (χ1v) is 8.46. The minimum Gasteiger partial charge on any atom is -0.373 e. The molecule has 3 rings (SSSR count). The molecule has 1 aliphatic heterocycles. The van der Waals surface area contributed by atoms with Gasteiger partial charge in [0.05, 0.1) is 29.5 Å². The molecule has 0 aromatic carbocycles. The van der Waals surface area contributed by atoms with Crippen LogP contribution in [0.15, 0.2) is 12.5 Å². The number of nitrogens with zero attached hydrogens (tertiary/aromatic N) is 2.